The molecule has 0 atom stereocenters. The van der Waals surface area contributed by atoms with Crippen LogP contribution in [0.1, 0.15) is 5.56 Å². The first-order valence-electron chi connectivity index (χ1n) is 10.9. The van der Waals surface area contributed by atoms with E-state index >= 15 is 0 Å². The molecule has 4 rings (SSSR count). The smallest absolute Gasteiger partial charge is 0.399 e. The van der Waals surface area contributed by atoms with Crippen molar-refractivity contribution >= 4 is 27.8 Å². The molecular formula is C27H21NO8S. The molecule has 37 heavy (non-hydrogen) atoms. The molecule has 0 saturated heterocycles. The van der Waals surface area contributed by atoms with Crippen molar-refractivity contribution in [2.24, 2.45) is 0 Å². The second kappa shape index (κ2) is 10.8. The molecule has 9 nitrogen and oxygen atoms in total. The molecule has 188 valence electrons. The highest BCUT2D eigenvalue weighted by atomic mass is 32.2. The van der Waals surface area contributed by atoms with Crippen molar-refractivity contribution in [1.82, 2.24) is 0 Å². The zero-order valence-corrected chi connectivity index (χ0v) is 20.3. The average molecular weight is 520 g/mol. The quantitative estimate of drug-likeness (QED) is 0.197. The summed E-state index contributed by atoms with van der Waals surface area (Å²) in [5, 5.41) is 0. The van der Waals surface area contributed by atoms with Gasteiger partial charge in [-0.15, -0.1) is 0 Å². The summed E-state index contributed by atoms with van der Waals surface area (Å²) < 4.78 is 46.2. The van der Waals surface area contributed by atoms with Crippen LogP contribution in [0.5, 0.6) is 23.0 Å². The normalized spacial score (nSPS) is 10.8. The lowest BCUT2D eigenvalue weighted by Crippen LogP contribution is -2.14. The molecule has 0 aromatic heterocycles. The van der Waals surface area contributed by atoms with Gasteiger partial charge in [-0.25, -0.2) is 18.0 Å². The van der Waals surface area contributed by atoms with Gasteiger partial charge in [0.1, 0.15) is 23.0 Å². The molecule has 0 bridgehead atoms. The van der Waals surface area contributed by atoms with Gasteiger partial charge in [0.25, 0.3) is 0 Å². The van der Waals surface area contributed by atoms with E-state index in [1.807, 2.05) is 6.92 Å². The zero-order chi connectivity index (χ0) is 26.4. The monoisotopic (exact) mass is 519 g/mol. The third kappa shape index (κ3) is 6.65. The largest absolute Gasteiger partial charge is 0.519 e. The third-order valence-electron chi connectivity index (χ3n) is 4.97. The molecule has 0 aliphatic rings. The molecule has 10 heteroatoms. The summed E-state index contributed by atoms with van der Waals surface area (Å²) in [6.07, 6.45) is -1.94. The Bertz CT molecular complexity index is 1390. The maximum absolute atomic E-state index is 13.0. The molecule has 0 radical (unpaired) electrons. The molecule has 0 heterocycles. The minimum absolute atomic E-state index is 0.0248. The summed E-state index contributed by atoms with van der Waals surface area (Å²) in [5.41, 5.74) is 7.11. The molecule has 0 unspecified atom stereocenters. The lowest BCUT2D eigenvalue weighted by Gasteiger charge is -2.09. The van der Waals surface area contributed by atoms with E-state index in [9.17, 15) is 18.0 Å². The second-order valence-corrected chi connectivity index (χ2v) is 9.69. The molecule has 2 N–H and O–H groups in total. The number of carbonyl (C=O) groups excluding carboxylic acids is 2. The molecule has 0 fully saturated rings. The van der Waals surface area contributed by atoms with Crippen molar-refractivity contribution in [3.05, 3.63) is 103 Å². The van der Waals surface area contributed by atoms with Crippen LogP contribution in [0.4, 0.5) is 15.3 Å². The van der Waals surface area contributed by atoms with Gasteiger partial charge in [0.15, 0.2) is 0 Å². The van der Waals surface area contributed by atoms with Gasteiger partial charge in [-0.3, -0.25) is 0 Å². The van der Waals surface area contributed by atoms with E-state index in [1.165, 1.54) is 60.7 Å². The highest BCUT2D eigenvalue weighted by molar-refractivity contribution is 7.91. The lowest BCUT2D eigenvalue weighted by atomic mass is 10.2. The van der Waals surface area contributed by atoms with E-state index in [0.29, 0.717) is 11.4 Å². The highest BCUT2D eigenvalue weighted by Gasteiger charge is 2.19. The average Bonchev–Trinajstić information content (AvgIpc) is 2.87. The first kappa shape index (κ1) is 25.3. The summed E-state index contributed by atoms with van der Waals surface area (Å²) in [4.78, 5) is 23.9. The third-order valence-corrected chi connectivity index (χ3v) is 6.76. The fraction of sp³-hybridized carbons (Fsp3) is 0.0370. The zero-order valence-electron chi connectivity index (χ0n) is 19.5. The maximum Gasteiger partial charge on any atom is 0.519 e. The van der Waals surface area contributed by atoms with Crippen LogP contribution in [0.25, 0.3) is 0 Å². The van der Waals surface area contributed by atoms with E-state index in [4.69, 9.17) is 24.7 Å². The van der Waals surface area contributed by atoms with Crippen molar-refractivity contribution in [3.63, 3.8) is 0 Å². The minimum Gasteiger partial charge on any atom is -0.399 e. The summed E-state index contributed by atoms with van der Waals surface area (Å²) in [6.45, 7) is 1.90. The van der Waals surface area contributed by atoms with Crippen LogP contribution < -0.4 is 24.7 Å². The van der Waals surface area contributed by atoms with Crippen molar-refractivity contribution in [2.45, 2.75) is 16.7 Å². The Labute approximate surface area is 212 Å². The van der Waals surface area contributed by atoms with E-state index in [2.05, 4.69) is 0 Å². The Hall–Kier alpha value is -4.83. The number of anilines is 1. The summed E-state index contributed by atoms with van der Waals surface area (Å²) in [7, 11) is -3.89. The van der Waals surface area contributed by atoms with Gasteiger partial charge in [0.05, 0.1) is 9.79 Å². The van der Waals surface area contributed by atoms with Gasteiger partial charge in [0.2, 0.25) is 9.84 Å². The van der Waals surface area contributed by atoms with Crippen molar-refractivity contribution in [1.29, 1.82) is 0 Å². The SMILES string of the molecule is Cc1ccc(OC(=O)Oc2ccc(S(=O)(=O)c3ccc(OC(=O)Oc4ccc(N)cc4)cc3)cc2)cc1. The maximum atomic E-state index is 13.0. The number of hydrogen-bond acceptors (Lipinski definition) is 9. The Balaban J connectivity index is 1.36. The number of sulfone groups is 1. The number of aryl methyl sites for hydroxylation is 1. The molecule has 0 aliphatic heterocycles. The summed E-state index contributed by atoms with van der Waals surface area (Å²) in [6, 6.07) is 23.5. The van der Waals surface area contributed by atoms with E-state index in [0.717, 1.165) is 5.56 Å². The molecule has 0 aliphatic carbocycles. The number of carbonyl (C=O) groups is 2. The first-order chi connectivity index (χ1) is 17.7. The van der Waals surface area contributed by atoms with Gasteiger partial charge in [-0.1, -0.05) is 17.7 Å². The van der Waals surface area contributed by atoms with Crippen LogP contribution in [0.2, 0.25) is 0 Å². The van der Waals surface area contributed by atoms with Gasteiger partial charge in [-0.2, -0.15) is 0 Å². The summed E-state index contributed by atoms with van der Waals surface area (Å²) >= 11 is 0. The molecule has 0 amide bonds. The fourth-order valence-corrected chi connectivity index (χ4v) is 4.34. The van der Waals surface area contributed by atoms with Gasteiger partial charge < -0.3 is 24.7 Å². The van der Waals surface area contributed by atoms with Crippen LogP contribution in [0.3, 0.4) is 0 Å². The van der Waals surface area contributed by atoms with Crippen LogP contribution in [0.15, 0.2) is 107 Å². The van der Waals surface area contributed by atoms with Crippen molar-refractivity contribution < 1.29 is 37.0 Å². The molecule has 0 saturated carbocycles. The Morgan fingerprint density at radius 3 is 1.19 bits per heavy atom. The predicted octanol–water partition coefficient (Wildman–Crippen LogP) is 5.57. The first-order valence-corrected chi connectivity index (χ1v) is 12.3. The summed E-state index contributed by atoms with van der Waals surface area (Å²) in [5.74, 6) is 0.768. The van der Waals surface area contributed by atoms with Crippen LogP contribution in [-0.2, 0) is 9.84 Å². The Kier molecular flexibility index (Phi) is 7.40. The topological polar surface area (TPSA) is 131 Å². The molecule has 4 aromatic carbocycles. The number of nitrogen functional groups attached to an aromatic ring is 1. The minimum atomic E-state index is -3.89. The predicted molar refractivity (Wildman–Crippen MR) is 134 cm³/mol. The van der Waals surface area contributed by atoms with Crippen molar-refractivity contribution in [2.75, 3.05) is 5.73 Å². The number of benzene rings is 4. The van der Waals surface area contributed by atoms with E-state index < -0.39 is 22.1 Å². The molecular weight excluding hydrogens is 498 g/mol. The highest BCUT2D eigenvalue weighted by Crippen LogP contribution is 2.25. The van der Waals surface area contributed by atoms with Crippen LogP contribution in [0, 0.1) is 6.92 Å². The lowest BCUT2D eigenvalue weighted by molar-refractivity contribution is 0.150. The number of rotatable bonds is 6. The van der Waals surface area contributed by atoms with Crippen LogP contribution in [-0.4, -0.2) is 20.7 Å². The Morgan fingerprint density at radius 2 is 0.838 bits per heavy atom. The van der Waals surface area contributed by atoms with Gasteiger partial charge >= 0.3 is 12.3 Å². The number of hydrogen-bond donors (Lipinski definition) is 1. The molecule has 0 spiro atoms. The fourth-order valence-electron chi connectivity index (χ4n) is 3.08. The van der Waals surface area contributed by atoms with E-state index in [1.54, 1.807) is 36.4 Å². The molecule has 4 aromatic rings. The van der Waals surface area contributed by atoms with Gasteiger partial charge in [-0.05, 0) is 91.9 Å². The standard InChI is InChI=1S/C27H21NO8S/c1-18-2-6-20(7-3-18)33-26(29)35-22-10-14-24(15-11-22)37(31,32)25-16-12-23(13-17-25)36-27(30)34-21-8-4-19(28)5-9-21/h2-17H,28H2,1H3. The Morgan fingerprint density at radius 1 is 0.541 bits per heavy atom. The van der Waals surface area contributed by atoms with Gasteiger partial charge in [0, 0.05) is 5.69 Å². The number of ether oxygens (including phenoxy) is 4. The van der Waals surface area contributed by atoms with Crippen LogP contribution >= 0.6 is 0 Å². The number of nitrogens with two attached hydrogens (primary N) is 1. The van der Waals surface area contributed by atoms with E-state index in [-0.39, 0.29) is 27.0 Å². The van der Waals surface area contributed by atoms with Crippen molar-refractivity contribution in [3.8, 4) is 23.0 Å². The second-order valence-electron chi connectivity index (χ2n) is 7.74.